The summed E-state index contributed by atoms with van der Waals surface area (Å²) < 4.78 is 5.34. The van der Waals surface area contributed by atoms with Gasteiger partial charge in [-0.25, -0.2) is 10.2 Å². The summed E-state index contributed by atoms with van der Waals surface area (Å²) in [5.74, 6) is -2.01. The van der Waals surface area contributed by atoms with Gasteiger partial charge in [-0.2, -0.15) is 5.10 Å². The number of halogens is 1. The van der Waals surface area contributed by atoms with Crippen molar-refractivity contribution in [3.63, 3.8) is 0 Å². The molecule has 2 aromatic carbocycles. The second-order valence-electron chi connectivity index (χ2n) is 6.38. The van der Waals surface area contributed by atoms with Crippen molar-refractivity contribution in [1.29, 1.82) is 0 Å². The minimum absolute atomic E-state index is 0.0967. The van der Waals surface area contributed by atoms with Gasteiger partial charge in [0.2, 0.25) is 17.2 Å². The molecule has 0 spiro atoms. The smallest absolute Gasteiger partial charge is 0.335 e. The van der Waals surface area contributed by atoms with E-state index in [-0.39, 0.29) is 29.4 Å². The number of rotatable bonds is 7. The van der Waals surface area contributed by atoms with Crippen LogP contribution in [0.5, 0.6) is 0 Å². The van der Waals surface area contributed by atoms with Crippen LogP contribution in [0.25, 0.3) is 11.0 Å². The quantitative estimate of drug-likeness (QED) is 0.380. The Hall–Kier alpha value is -3.98. The number of fused-ring (bicyclic) bond motifs is 1. The first-order valence-corrected chi connectivity index (χ1v) is 9.37. The first-order valence-electron chi connectivity index (χ1n) is 8.99. The fourth-order valence-electron chi connectivity index (χ4n) is 2.58. The van der Waals surface area contributed by atoms with E-state index in [4.69, 9.17) is 21.1 Å². The number of hydrazone groups is 1. The summed E-state index contributed by atoms with van der Waals surface area (Å²) in [6.45, 7) is 0. The molecule has 0 radical (unpaired) electrons. The standard InChI is InChI=1S/C21H16ClN3O6/c22-14-3-6-16-17(9-14)31-11-13(20(16)28)10-23-25-19(27)8-7-18(26)24-15-4-1-12(2-5-15)21(29)30/h1-6,9-11H,7-8H2,(H,24,26)(H,25,27)(H,29,30)/b23-10-. The number of anilines is 1. The van der Waals surface area contributed by atoms with E-state index in [0.29, 0.717) is 21.7 Å². The Morgan fingerprint density at radius 1 is 1.06 bits per heavy atom. The van der Waals surface area contributed by atoms with E-state index in [1.54, 1.807) is 6.07 Å². The molecule has 0 aliphatic carbocycles. The van der Waals surface area contributed by atoms with Crippen molar-refractivity contribution in [1.82, 2.24) is 5.43 Å². The minimum Gasteiger partial charge on any atom is -0.478 e. The van der Waals surface area contributed by atoms with Crippen LogP contribution in [-0.2, 0) is 9.59 Å². The third-order valence-corrected chi connectivity index (χ3v) is 4.39. The zero-order valence-electron chi connectivity index (χ0n) is 15.9. The van der Waals surface area contributed by atoms with Crippen LogP contribution in [0.15, 0.2) is 63.0 Å². The van der Waals surface area contributed by atoms with Gasteiger partial charge in [-0.15, -0.1) is 0 Å². The minimum atomic E-state index is -1.07. The largest absolute Gasteiger partial charge is 0.478 e. The molecule has 0 aliphatic rings. The predicted molar refractivity (Wildman–Crippen MR) is 114 cm³/mol. The summed E-state index contributed by atoms with van der Waals surface area (Å²) in [6.07, 6.45) is 2.11. The van der Waals surface area contributed by atoms with Crippen molar-refractivity contribution in [2.45, 2.75) is 12.8 Å². The molecule has 2 amide bonds. The molecule has 3 aromatic rings. The number of aromatic carboxylic acids is 1. The van der Waals surface area contributed by atoms with Crippen LogP contribution in [0.3, 0.4) is 0 Å². The second-order valence-corrected chi connectivity index (χ2v) is 6.82. The van der Waals surface area contributed by atoms with Gasteiger partial charge in [-0.3, -0.25) is 14.4 Å². The van der Waals surface area contributed by atoms with Crippen LogP contribution < -0.4 is 16.2 Å². The lowest BCUT2D eigenvalue weighted by molar-refractivity contribution is -0.124. The van der Waals surface area contributed by atoms with Gasteiger partial charge in [-0.1, -0.05) is 11.6 Å². The summed E-state index contributed by atoms with van der Waals surface area (Å²) in [5, 5.41) is 15.9. The van der Waals surface area contributed by atoms with Crippen LogP contribution in [0, 0.1) is 0 Å². The number of hydrogen-bond donors (Lipinski definition) is 3. The van der Waals surface area contributed by atoms with E-state index >= 15 is 0 Å². The van der Waals surface area contributed by atoms with Gasteiger partial charge in [0.25, 0.3) is 0 Å². The van der Waals surface area contributed by atoms with Crippen molar-refractivity contribution in [3.05, 3.63) is 75.1 Å². The second kappa shape index (κ2) is 9.68. The summed E-state index contributed by atoms with van der Waals surface area (Å²) in [5.41, 5.74) is 2.89. The van der Waals surface area contributed by atoms with Gasteiger partial charge in [0.05, 0.1) is 22.7 Å². The third-order valence-electron chi connectivity index (χ3n) is 4.15. The van der Waals surface area contributed by atoms with Crippen LogP contribution in [0.2, 0.25) is 5.02 Å². The predicted octanol–water partition coefficient (Wildman–Crippen LogP) is 3.01. The fourth-order valence-corrected chi connectivity index (χ4v) is 2.74. The summed E-state index contributed by atoms with van der Waals surface area (Å²) in [7, 11) is 0. The molecule has 10 heteroatoms. The summed E-state index contributed by atoms with van der Waals surface area (Å²) >= 11 is 5.86. The van der Waals surface area contributed by atoms with E-state index in [0.717, 1.165) is 6.21 Å². The van der Waals surface area contributed by atoms with Crippen LogP contribution in [-0.4, -0.2) is 29.1 Å². The molecule has 0 saturated heterocycles. The van der Waals surface area contributed by atoms with Gasteiger partial charge < -0.3 is 14.8 Å². The molecule has 3 rings (SSSR count). The van der Waals surface area contributed by atoms with E-state index in [2.05, 4.69) is 15.8 Å². The van der Waals surface area contributed by atoms with Gasteiger partial charge in [0.1, 0.15) is 11.8 Å². The highest BCUT2D eigenvalue weighted by atomic mass is 35.5. The Labute approximate surface area is 180 Å². The number of nitrogens with one attached hydrogen (secondary N) is 2. The van der Waals surface area contributed by atoms with Gasteiger partial charge >= 0.3 is 5.97 Å². The monoisotopic (exact) mass is 441 g/mol. The zero-order chi connectivity index (χ0) is 22.4. The molecule has 1 aromatic heterocycles. The molecular weight excluding hydrogens is 426 g/mol. The molecule has 31 heavy (non-hydrogen) atoms. The lowest BCUT2D eigenvalue weighted by Crippen LogP contribution is -2.21. The Morgan fingerprint density at radius 3 is 2.48 bits per heavy atom. The summed E-state index contributed by atoms with van der Waals surface area (Å²) in [4.78, 5) is 47.0. The Morgan fingerprint density at radius 2 is 1.77 bits per heavy atom. The molecule has 0 aliphatic heterocycles. The van der Waals surface area contributed by atoms with Crippen molar-refractivity contribution < 1.29 is 23.9 Å². The lowest BCUT2D eigenvalue weighted by Gasteiger charge is -2.05. The average molecular weight is 442 g/mol. The maximum Gasteiger partial charge on any atom is 0.335 e. The van der Waals surface area contributed by atoms with Crippen LogP contribution >= 0.6 is 11.6 Å². The number of carbonyl (C=O) groups is 3. The molecular formula is C21H16ClN3O6. The highest BCUT2D eigenvalue weighted by Crippen LogP contribution is 2.16. The van der Waals surface area contributed by atoms with Gasteiger partial charge in [-0.05, 0) is 36.4 Å². The SMILES string of the molecule is O=C(CCC(=O)Nc1ccc(C(=O)O)cc1)N/N=C\c1coc2cc(Cl)ccc2c1=O. The van der Waals surface area contributed by atoms with Crippen molar-refractivity contribution in [2.75, 3.05) is 5.32 Å². The number of carboxylic acid groups (broad SMARTS) is 1. The first kappa shape index (κ1) is 21.7. The molecule has 0 fully saturated rings. The van der Waals surface area contributed by atoms with Crippen molar-refractivity contribution in [2.24, 2.45) is 5.10 Å². The van der Waals surface area contributed by atoms with Crippen molar-refractivity contribution in [3.8, 4) is 0 Å². The lowest BCUT2D eigenvalue weighted by atomic mass is 10.2. The van der Waals surface area contributed by atoms with E-state index in [1.165, 1.54) is 42.7 Å². The van der Waals surface area contributed by atoms with Crippen LogP contribution in [0.1, 0.15) is 28.8 Å². The number of benzene rings is 2. The number of carboxylic acids is 1. The Bertz CT molecular complexity index is 1230. The number of hydrogen-bond acceptors (Lipinski definition) is 6. The van der Waals surface area contributed by atoms with Crippen LogP contribution in [0.4, 0.5) is 5.69 Å². The molecule has 3 N–H and O–H groups in total. The average Bonchev–Trinajstić information content (AvgIpc) is 2.74. The highest BCUT2D eigenvalue weighted by Gasteiger charge is 2.09. The molecule has 9 nitrogen and oxygen atoms in total. The van der Waals surface area contributed by atoms with E-state index in [9.17, 15) is 19.2 Å². The maximum absolute atomic E-state index is 12.4. The molecule has 158 valence electrons. The van der Waals surface area contributed by atoms with Gasteiger partial charge in [0.15, 0.2) is 0 Å². The molecule has 0 unspecified atom stereocenters. The topological polar surface area (TPSA) is 138 Å². The molecule has 0 atom stereocenters. The normalized spacial score (nSPS) is 10.9. The maximum atomic E-state index is 12.4. The number of carbonyl (C=O) groups excluding carboxylic acids is 2. The molecule has 1 heterocycles. The Kier molecular flexibility index (Phi) is 6.78. The summed E-state index contributed by atoms with van der Waals surface area (Å²) in [6, 6.07) is 10.2. The first-order chi connectivity index (χ1) is 14.8. The van der Waals surface area contributed by atoms with Gasteiger partial charge in [0, 0.05) is 29.6 Å². The van der Waals surface area contributed by atoms with Crippen molar-refractivity contribution >= 4 is 52.3 Å². The fraction of sp³-hybridized carbons (Fsp3) is 0.0952. The molecule has 0 saturated carbocycles. The number of nitrogens with zero attached hydrogens (tertiary/aromatic N) is 1. The zero-order valence-corrected chi connectivity index (χ0v) is 16.7. The Balaban J connectivity index is 1.50. The molecule has 0 bridgehead atoms. The van der Waals surface area contributed by atoms with E-state index < -0.39 is 17.8 Å². The third kappa shape index (κ3) is 5.77. The van der Waals surface area contributed by atoms with E-state index in [1.807, 2.05) is 0 Å². The number of amides is 2. The highest BCUT2D eigenvalue weighted by molar-refractivity contribution is 6.31.